The van der Waals surface area contributed by atoms with E-state index in [0.29, 0.717) is 19.3 Å². The maximum Gasteiger partial charge on any atom is 0.306 e. The number of carbonyl (C=O) groups excluding carboxylic acids is 3. The average molecular weight is 795 g/mol. The maximum atomic E-state index is 12.7. The molecule has 0 bridgehead atoms. The molecule has 0 amide bonds. The molecule has 6 heteroatoms. The van der Waals surface area contributed by atoms with Crippen LogP contribution >= 0.6 is 0 Å². The molecule has 0 aliphatic carbocycles. The number of unbranched alkanes of at least 4 members (excludes halogenated alkanes) is 19. The third-order valence-corrected chi connectivity index (χ3v) is 9.69. The standard InChI is InChI=1S/C51H86O6/c1-4-7-10-13-16-19-22-25-26-27-30-32-35-38-41-44-50(53)56-47-48(57-51(54)45-42-39-36-33-29-24-21-18-15-12-9-6-3)46-55-49(52)43-40-37-34-31-28-23-20-17-14-11-8-5-2/h9,12,16-22,25,29,33,48H,4-8,10-11,13-15,23-24,26-28,30-32,34-47H2,1-3H3/b12-9-,19-16-,20-17-,21-18-,25-22-,33-29-. The molecule has 0 N–H and O–H groups in total. The van der Waals surface area contributed by atoms with E-state index < -0.39 is 6.10 Å². The Bertz CT molecular complexity index is 1100. The van der Waals surface area contributed by atoms with Gasteiger partial charge in [-0.3, -0.25) is 14.4 Å². The number of hydrogen-bond donors (Lipinski definition) is 0. The average Bonchev–Trinajstić information content (AvgIpc) is 3.21. The molecule has 0 aliphatic heterocycles. The lowest BCUT2D eigenvalue weighted by Gasteiger charge is -2.18. The van der Waals surface area contributed by atoms with Gasteiger partial charge >= 0.3 is 17.9 Å². The largest absolute Gasteiger partial charge is 0.462 e. The fraction of sp³-hybridized carbons (Fsp3) is 0.706. The smallest absolute Gasteiger partial charge is 0.306 e. The van der Waals surface area contributed by atoms with Crippen LogP contribution in [0.15, 0.2) is 72.9 Å². The van der Waals surface area contributed by atoms with Crippen molar-refractivity contribution in [2.45, 2.75) is 219 Å². The fourth-order valence-electron chi connectivity index (χ4n) is 6.15. The lowest BCUT2D eigenvalue weighted by molar-refractivity contribution is -0.167. The molecule has 57 heavy (non-hydrogen) atoms. The van der Waals surface area contributed by atoms with E-state index in [1.807, 2.05) is 0 Å². The first-order chi connectivity index (χ1) is 28.0. The number of rotatable bonds is 41. The molecule has 0 rings (SSSR count). The predicted octanol–water partition coefficient (Wildman–Crippen LogP) is 15.1. The lowest BCUT2D eigenvalue weighted by atomic mass is 10.1. The minimum Gasteiger partial charge on any atom is -0.462 e. The van der Waals surface area contributed by atoms with Gasteiger partial charge in [0, 0.05) is 19.3 Å². The number of carbonyl (C=O) groups is 3. The summed E-state index contributed by atoms with van der Waals surface area (Å²) < 4.78 is 16.7. The molecule has 0 fully saturated rings. The van der Waals surface area contributed by atoms with E-state index in [4.69, 9.17) is 14.2 Å². The Morgan fingerprint density at radius 3 is 1.23 bits per heavy atom. The highest BCUT2D eigenvalue weighted by atomic mass is 16.6. The molecule has 0 aliphatic rings. The third-order valence-electron chi connectivity index (χ3n) is 9.69. The summed E-state index contributed by atoms with van der Waals surface area (Å²) in [4.78, 5) is 37.8. The van der Waals surface area contributed by atoms with Crippen LogP contribution in [-0.2, 0) is 28.6 Å². The van der Waals surface area contributed by atoms with Crippen LogP contribution in [0.25, 0.3) is 0 Å². The molecule has 6 nitrogen and oxygen atoms in total. The number of hydrogen-bond acceptors (Lipinski definition) is 6. The first-order valence-electron chi connectivity index (χ1n) is 23.5. The Labute approximate surface area is 351 Å². The highest BCUT2D eigenvalue weighted by Crippen LogP contribution is 2.13. The highest BCUT2D eigenvalue weighted by Gasteiger charge is 2.19. The zero-order valence-corrected chi connectivity index (χ0v) is 37.1. The van der Waals surface area contributed by atoms with E-state index in [-0.39, 0.29) is 37.5 Å². The van der Waals surface area contributed by atoms with Gasteiger partial charge in [-0.25, -0.2) is 0 Å². The second kappa shape index (κ2) is 45.6. The van der Waals surface area contributed by atoms with E-state index >= 15 is 0 Å². The van der Waals surface area contributed by atoms with Crippen LogP contribution in [0.5, 0.6) is 0 Å². The van der Waals surface area contributed by atoms with Gasteiger partial charge < -0.3 is 14.2 Å². The van der Waals surface area contributed by atoms with E-state index in [9.17, 15) is 14.4 Å². The van der Waals surface area contributed by atoms with Crippen LogP contribution in [0.3, 0.4) is 0 Å². The van der Waals surface area contributed by atoms with Gasteiger partial charge in [-0.1, -0.05) is 164 Å². The van der Waals surface area contributed by atoms with Gasteiger partial charge in [0.2, 0.25) is 0 Å². The van der Waals surface area contributed by atoms with Crippen LogP contribution in [0, 0.1) is 0 Å². The van der Waals surface area contributed by atoms with Crippen molar-refractivity contribution in [1.82, 2.24) is 0 Å². The Balaban J connectivity index is 4.46. The Morgan fingerprint density at radius 1 is 0.386 bits per heavy atom. The Morgan fingerprint density at radius 2 is 0.737 bits per heavy atom. The summed E-state index contributed by atoms with van der Waals surface area (Å²) in [7, 11) is 0. The van der Waals surface area contributed by atoms with Crippen molar-refractivity contribution >= 4 is 17.9 Å². The monoisotopic (exact) mass is 795 g/mol. The SMILES string of the molecule is CC/C=C\C/C=C\C/C=C\CCCCC(=O)OC(COC(=O)CCCCCCC/C=C\CCCCC)COC(=O)CCCCCCCC/C=C\C=C/CCCCC. The lowest BCUT2D eigenvalue weighted by Crippen LogP contribution is -2.30. The van der Waals surface area contributed by atoms with Crippen molar-refractivity contribution in [3.05, 3.63) is 72.9 Å². The molecule has 0 saturated heterocycles. The molecule has 0 aromatic carbocycles. The molecule has 0 aromatic heterocycles. The number of ether oxygens (including phenoxy) is 3. The number of esters is 3. The van der Waals surface area contributed by atoms with Crippen LogP contribution in [-0.4, -0.2) is 37.2 Å². The topological polar surface area (TPSA) is 78.9 Å². The predicted molar refractivity (Wildman–Crippen MR) is 242 cm³/mol. The molecule has 0 aromatic rings. The first-order valence-corrected chi connectivity index (χ1v) is 23.5. The third kappa shape index (κ3) is 43.8. The molecule has 0 spiro atoms. The van der Waals surface area contributed by atoms with Gasteiger partial charge in [0.15, 0.2) is 6.10 Å². The highest BCUT2D eigenvalue weighted by molar-refractivity contribution is 5.71. The maximum absolute atomic E-state index is 12.7. The van der Waals surface area contributed by atoms with Crippen LogP contribution in [0.4, 0.5) is 0 Å². The van der Waals surface area contributed by atoms with Gasteiger partial charge in [-0.15, -0.1) is 0 Å². The molecule has 0 saturated carbocycles. The summed E-state index contributed by atoms with van der Waals surface area (Å²) in [6.45, 7) is 6.40. The van der Waals surface area contributed by atoms with Gasteiger partial charge in [-0.05, 0) is 103 Å². The Kier molecular flexibility index (Phi) is 43.0. The molecule has 0 heterocycles. The zero-order valence-electron chi connectivity index (χ0n) is 37.1. The quantitative estimate of drug-likeness (QED) is 0.0202. The van der Waals surface area contributed by atoms with Crippen molar-refractivity contribution in [3.63, 3.8) is 0 Å². The molecule has 1 atom stereocenters. The second-order valence-electron chi connectivity index (χ2n) is 15.3. The zero-order chi connectivity index (χ0) is 41.5. The fourth-order valence-corrected chi connectivity index (χ4v) is 6.15. The van der Waals surface area contributed by atoms with Gasteiger partial charge in [0.25, 0.3) is 0 Å². The van der Waals surface area contributed by atoms with Crippen molar-refractivity contribution < 1.29 is 28.6 Å². The minimum atomic E-state index is -0.801. The first kappa shape index (κ1) is 53.9. The molecule has 0 radical (unpaired) electrons. The molecule has 326 valence electrons. The van der Waals surface area contributed by atoms with Crippen LogP contribution < -0.4 is 0 Å². The van der Waals surface area contributed by atoms with E-state index in [1.165, 1.54) is 77.0 Å². The van der Waals surface area contributed by atoms with Gasteiger partial charge in [0.05, 0.1) is 0 Å². The van der Waals surface area contributed by atoms with Crippen molar-refractivity contribution in [3.8, 4) is 0 Å². The Hall–Kier alpha value is -3.15. The van der Waals surface area contributed by atoms with Crippen molar-refractivity contribution in [2.24, 2.45) is 0 Å². The van der Waals surface area contributed by atoms with Crippen molar-refractivity contribution in [2.75, 3.05) is 13.2 Å². The summed E-state index contributed by atoms with van der Waals surface area (Å²) in [5, 5.41) is 0. The van der Waals surface area contributed by atoms with Gasteiger partial charge in [-0.2, -0.15) is 0 Å². The normalized spacial score (nSPS) is 12.7. The van der Waals surface area contributed by atoms with E-state index in [1.54, 1.807) is 0 Å². The summed E-state index contributed by atoms with van der Waals surface area (Å²) in [5.41, 5.74) is 0. The van der Waals surface area contributed by atoms with Crippen LogP contribution in [0.1, 0.15) is 213 Å². The summed E-state index contributed by atoms with van der Waals surface area (Å²) >= 11 is 0. The van der Waals surface area contributed by atoms with Crippen molar-refractivity contribution in [1.29, 1.82) is 0 Å². The minimum absolute atomic E-state index is 0.0998. The second-order valence-corrected chi connectivity index (χ2v) is 15.3. The number of allylic oxidation sites excluding steroid dienone is 12. The molecular weight excluding hydrogens is 709 g/mol. The van der Waals surface area contributed by atoms with Crippen LogP contribution in [0.2, 0.25) is 0 Å². The van der Waals surface area contributed by atoms with Gasteiger partial charge in [0.1, 0.15) is 13.2 Å². The summed E-state index contributed by atoms with van der Waals surface area (Å²) in [6, 6.07) is 0. The summed E-state index contributed by atoms with van der Waals surface area (Å²) in [6.07, 6.45) is 56.0. The molecule has 1 unspecified atom stereocenters. The van der Waals surface area contributed by atoms with E-state index in [0.717, 1.165) is 89.9 Å². The molecular formula is C51H86O6. The van der Waals surface area contributed by atoms with E-state index in [2.05, 4.69) is 93.7 Å². The summed E-state index contributed by atoms with van der Waals surface area (Å²) in [5.74, 6) is -0.965.